The number of hydrogen-bond acceptors (Lipinski definition) is 5. The van der Waals surface area contributed by atoms with E-state index in [0.29, 0.717) is 12.4 Å². The third kappa shape index (κ3) is 4.36. The molecule has 0 spiro atoms. The summed E-state index contributed by atoms with van der Waals surface area (Å²) in [5.41, 5.74) is 1.11. The minimum atomic E-state index is -0.273. The normalized spacial score (nSPS) is 16.1. The molecule has 0 bridgehead atoms. The number of amides is 1. The van der Waals surface area contributed by atoms with Gasteiger partial charge < -0.3 is 10.1 Å². The Morgan fingerprint density at radius 1 is 1.11 bits per heavy atom. The molecule has 1 aliphatic rings. The summed E-state index contributed by atoms with van der Waals surface area (Å²) in [5.74, 6) is 1.99. The Hall–Kier alpha value is -3.22. The maximum absolute atomic E-state index is 12.7. The van der Waals surface area contributed by atoms with Crippen LogP contribution in [0, 0.1) is 0 Å². The van der Waals surface area contributed by atoms with Crippen LogP contribution in [0.2, 0.25) is 0 Å². The highest BCUT2D eigenvalue weighted by Gasteiger charge is 2.28. The van der Waals surface area contributed by atoms with E-state index in [0.717, 1.165) is 49.3 Å². The zero-order valence-electron chi connectivity index (χ0n) is 15.6. The highest BCUT2D eigenvalue weighted by Crippen LogP contribution is 2.24. The van der Waals surface area contributed by atoms with Gasteiger partial charge in [-0.1, -0.05) is 36.8 Å². The van der Waals surface area contributed by atoms with Crippen molar-refractivity contribution in [3.63, 3.8) is 0 Å². The number of hydrogen-bond donors (Lipinski definition) is 1. The van der Waals surface area contributed by atoms with E-state index in [1.54, 1.807) is 4.68 Å². The molecule has 2 heterocycles. The van der Waals surface area contributed by atoms with E-state index in [1.165, 1.54) is 0 Å². The quantitative estimate of drug-likeness (QED) is 0.714. The Morgan fingerprint density at radius 2 is 1.96 bits per heavy atom. The number of para-hydroxylation sites is 1. The lowest BCUT2D eigenvalue weighted by Crippen LogP contribution is -2.32. The SMILES string of the molecule is O=C(NCCc1cccc(Oc2ccccc2)c1)[C@@H]1CCCCn2nnnc21. The highest BCUT2D eigenvalue weighted by molar-refractivity contribution is 5.82. The van der Waals surface area contributed by atoms with Crippen molar-refractivity contribution in [2.45, 2.75) is 38.1 Å². The van der Waals surface area contributed by atoms with Crippen LogP contribution in [0.5, 0.6) is 11.5 Å². The first-order valence-electron chi connectivity index (χ1n) is 9.65. The van der Waals surface area contributed by atoms with Gasteiger partial charge in [-0.05, 0) is 59.5 Å². The maximum Gasteiger partial charge on any atom is 0.230 e. The van der Waals surface area contributed by atoms with Crippen molar-refractivity contribution in [1.29, 1.82) is 0 Å². The average molecular weight is 377 g/mol. The number of nitrogens with zero attached hydrogens (tertiary/aromatic N) is 4. The van der Waals surface area contributed by atoms with E-state index in [9.17, 15) is 4.79 Å². The minimum absolute atomic E-state index is 0.00496. The summed E-state index contributed by atoms with van der Waals surface area (Å²) in [6.45, 7) is 1.34. The van der Waals surface area contributed by atoms with Crippen molar-refractivity contribution in [2.75, 3.05) is 6.54 Å². The Kier molecular flexibility index (Phi) is 5.61. The van der Waals surface area contributed by atoms with Gasteiger partial charge in [0, 0.05) is 13.1 Å². The number of carbonyl (C=O) groups is 1. The molecule has 1 N–H and O–H groups in total. The Labute approximate surface area is 163 Å². The predicted octanol–water partition coefficient (Wildman–Crippen LogP) is 3.09. The summed E-state index contributed by atoms with van der Waals surface area (Å²) in [6.07, 6.45) is 3.50. The van der Waals surface area contributed by atoms with E-state index < -0.39 is 0 Å². The third-order valence-corrected chi connectivity index (χ3v) is 4.89. The first-order valence-corrected chi connectivity index (χ1v) is 9.65. The molecule has 0 radical (unpaired) electrons. The van der Waals surface area contributed by atoms with Crippen molar-refractivity contribution >= 4 is 5.91 Å². The molecule has 7 heteroatoms. The van der Waals surface area contributed by atoms with Gasteiger partial charge in [-0.3, -0.25) is 4.79 Å². The number of fused-ring (bicyclic) bond motifs is 1. The molecule has 0 aliphatic carbocycles. The largest absolute Gasteiger partial charge is 0.457 e. The van der Waals surface area contributed by atoms with Gasteiger partial charge in [0.2, 0.25) is 5.91 Å². The van der Waals surface area contributed by atoms with Gasteiger partial charge in [0.05, 0.1) is 5.92 Å². The summed E-state index contributed by atoms with van der Waals surface area (Å²) >= 11 is 0. The number of aryl methyl sites for hydroxylation is 1. The number of benzene rings is 2. The van der Waals surface area contributed by atoms with Gasteiger partial charge in [0.15, 0.2) is 5.82 Å². The van der Waals surface area contributed by atoms with Gasteiger partial charge in [0.1, 0.15) is 11.5 Å². The molecule has 1 amide bonds. The standard InChI is InChI=1S/C21H23N5O2/c27-21(19-11-4-5-14-26-20(19)23-24-25-26)22-13-12-16-7-6-10-18(15-16)28-17-8-2-1-3-9-17/h1-3,6-10,15,19H,4-5,11-14H2,(H,22,27)/t19-/m1/s1. The van der Waals surface area contributed by atoms with Crippen molar-refractivity contribution in [1.82, 2.24) is 25.5 Å². The minimum Gasteiger partial charge on any atom is -0.457 e. The Morgan fingerprint density at radius 3 is 2.86 bits per heavy atom. The lowest BCUT2D eigenvalue weighted by Gasteiger charge is -2.13. The number of carbonyl (C=O) groups excluding carboxylic acids is 1. The predicted molar refractivity (Wildman–Crippen MR) is 104 cm³/mol. The van der Waals surface area contributed by atoms with Crippen LogP contribution < -0.4 is 10.1 Å². The molecule has 0 saturated carbocycles. The molecule has 1 atom stereocenters. The van der Waals surface area contributed by atoms with Crippen LogP contribution in [-0.2, 0) is 17.8 Å². The van der Waals surface area contributed by atoms with Crippen LogP contribution in [0.1, 0.15) is 36.6 Å². The molecule has 1 aromatic heterocycles. The van der Waals surface area contributed by atoms with Crippen LogP contribution in [0.25, 0.3) is 0 Å². The zero-order valence-corrected chi connectivity index (χ0v) is 15.6. The highest BCUT2D eigenvalue weighted by atomic mass is 16.5. The monoisotopic (exact) mass is 377 g/mol. The molecule has 28 heavy (non-hydrogen) atoms. The lowest BCUT2D eigenvalue weighted by atomic mass is 10.0. The van der Waals surface area contributed by atoms with Gasteiger partial charge in [0.25, 0.3) is 0 Å². The molecule has 1 aliphatic heterocycles. The van der Waals surface area contributed by atoms with E-state index in [-0.39, 0.29) is 11.8 Å². The fraction of sp³-hybridized carbons (Fsp3) is 0.333. The van der Waals surface area contributed by atoms with Gasteiger partial charge in [-0.25, -0.2) is 4.68 Å². The van der Waals surface area contributed by atoms with E-state index in [1.807, 2.05) is 54.6 Å². The molecule has 144 valence electrons. The van der Waals surface area contributed by atoms with E-state index in [4.69, 9.17) is 4.74 Å². The summed E-state index contributed by atoms with van der Waals surface area (Å²) in [5, 5.41) is 14.8. The van der Waals surface area contributed by atoms with Crippen molar-refractivity contribution in [3.05, 3.63) is 66.0 Å². The average Bonchev–Trinajstić information content (AvgIpc) is 3.08. The van der Waals surface area contributed by atoms with Crippen LogP contribution in [0.15, 0.2) is 54.6 Å². The lowest BCUT2D eigenvalue weighted by molar-refractivity contribution is -0.122. The fourth-order valence-corrected chi connectivity index (χ4v) is 3.45. The first-order chi connectivity index (χ1) is 13.8. The summed E-state index contributed by atoms with van der Waals surface area (Å²) in [6, 6.07) is 17.6. The molecule has 0 fully saturated rings. The second-order valence-electron chi connectivity index (χ2n) is 6.91. The Bertz CT molecular complexity index is 925. The molecular formula is C21H23N5O2. The summed E-state index contributed by atoms with van der Waals surface area (Å²) in [7, 11) is 0. The number of tetrazole rings is 1. The van der Waals surface area contributed by atoms with Crippen molar-refractivity contribution < 1.29 is 9.53 Å². The smallest absolute Gasteiger partial charge is 0.230 e. The van der Waals surface area contributed by atoms with Gasteiger partial charge in [-0.2, -0.15) is 0 Å². The zero-order chi connectivity index (χ0) is 19.2. The number of aromatic nitrogens is 4. The molecule has 0 saturated heterocycles. The molecule has 4 rings (SSSR count). The number of ether oxygens (including phenoxy) is 1. The topological polar surface area (TPSA) is 81.9 Å². The second-order valence-corrected chi connectivity index (χ2v) is 6.91. The van der Waals surface area contributed by atoms with Gasteiger partial charge >= 0.3 is 0 Å². The molecule has 2 aromatic carbocycles. The summed E-state index contributed by atoms with van der Waals surface area (Å²) < 4.78 is 7.63. The van der Waals surface area contributed by atoms with Crippen LogP contribution in [0.4, 0.5) is 0 Å². The van der Waals surface area contributed by atoms with E-state index in [2.05, 4.69) is 20.8 Å². The van der Waals surface area contributed by atoms with Crippen molar-refractivity contribution in [3.8, 4) is 11.5 Å². The molecule has 3 aromatic rings. The second kappa shape index (κ2) is 8.65. The first kappa shape index (κ1) is 18.2. The molecule has 7 nitrogen and oxygen atoms in total. The van der Waals surface area contributed by atoms with Crippen molar-refractivity contribution in [2.24, 2.45) is 0 Å². The van der Waals surface area contributed by atoms with E-state index >= 15 is 0 Å². The third-order valence-electron chi connectivity index (χ3n) is 4.89. The number of rotatable bonds is 6. The fourth-order valence-electron chi connectivity index (χ4n) is 3.45. The maximum atomic E-state index is 12.7. The van der Waals surface area contributed by atoms with Crippen LogP contribution in [-0.4, -0.2) is 32.7 Å². The van der Waals surface area contributed by atoms with Crippen LogP contribution in [0.3, 0.4) is 0 Å². The number of nitrogens with one attached hydrogen (secondary N) is 1. The summed E-state index contributed by atoms with van der Waals surface area (Å²) in [4.78, 5) is 12.7. The molecule has 0 unspecified atom stereocenters. The Balaban J connectivity index is 1.33. The molecular weight excluding hydrogens is 354 g/mol. The van der Waals surface area contributed by atoms with Crippen LogP contribution >= 0.6 is 0 Å². The van der Waals surface area contributed by atoms with Gasteiger partial charge in [-0.15, -0.1) is 5.10 Å².